The van der Waals surface area contributed by atoms with Crippen molar-refractivity contribution >= 4 is 55.7 Å². The van der Waals surface area contributed by atoms with Crippen LogP contribution in [0.15, 0.2) is 255 Å². The molecule has 1 aliphatic carbocycles. The zero-order valence-electron chi connectivity index (χ0n) is 38.1. The maximum atomic E-state index is 2.57. The van der Waals surface area contributed by atoms with Gasteiger partial charge in [0.1, 0.15) is 0 Å². The molecule has 0 atom stereocenters. The average molecular weight is 869 g/mol. The first-order valence-corrected chi connectivity index (χ1v) is 23.8. The van der Waals surface area contributed by atoms with Crippen molar-refractivity contribution in [3.05, 3.63) is 288 Å². The Morgan fingerprint density at radius 2 is 0.912 bits per heavy atom. The lowest BCUT2D eigenvalue weighted by atomic mass is 9.67. The highest BCUT2D eigenvalue weighted by atomic mass is 15.2. The van der Waals surface area contributed by atoms with Crippen LogP contribution in [0.1, 0.15) is 47.2 Å². The quantitative estimate of drug-likeness (QED) is 0.157. The summed E-state index contributed by atoms with van der Waals surface area (Å²) in [5, 5.41) is 4.88. The van der Waals surface area contributed by atoms with Gasteiger partial charge in [0.15, 0.2) is 0 Å². The molecule has 2 aliphatic rings. The molecule has 0 amide bonds. The Morgan fingerprint density at radius 1 is 0.353 bits per heavy atom. The van der Waals surface area contributed by atoms with E-state index in [4.69, 9.17) is 0 Å². The fraction of sp³-hybridized carbons (Fsp3) is 0.0606. The Labute approximate surface area is 398 Å². The molecule has 2 heteroatoms. The number of para-hydroxylation sites is 2. The molecule has 11 aromatic rings. The van der Waals surface area contributed by atoms with Gasteiger partial charge in [0.25, 0.3) is 0 Å². The second-order valence-electron chi connectivity index (χ2n) is 18.8. The molecule has 0 radical (unpaired) electrons. The molecule has 0 unspecified atom stereocenters. The summed E-state index contributed by atoms with van der Waals surface area (Å²) >= 11 is 0. The second-order valence-corrected chi connectivity index (χ2v) is 18.8. The van der Waals surface area contributed by atoms with Gasteiger partial charge in [-0.2, -0.15) is 0 Å². The van der Waals surface area contributed by atoms with Gasteiger partial charge in [-0.1, -0.05) is 220 Å². The smallest absolute Gasteiger partial charge is 0.0781 e. The van der Waals surface area contributed by atoms with E-state index in [1.54, 1.807) is 0 Å². The van der Waals surface area contributed by atoms with E-state index in [1.807, 2.05) is 0 Å². The molecule has 1 aliphatic heterocycles. The zero-order valence-corrected chi connectivity index (χ0v) is 38.1. The molecule has 0 aromatic heterocycles. The predicted molar refractivity (Wildman–Crippen MR) is 286 cm³/mol. The lowest BCUT2D eigenvalue weighted by Gasteiger charge is -2.44. The summed E-state index contributed by atoms with van der Waals surface area (Å²) in [7, 11) is 0. The van der Waals surface area contributed by atoms with Crippen LogP contribution in [0.4, 0.5) is 34.1 Å². The molecule has 0 saturated carbocycles. The van der Waals surface area contributed by atoms with Crippen molar-refractivity contribution in [2.24, 2.45) is 0 Å². The fourth-order valence-corrected chi connectivity index (χ4v) is 11.8. The Kier molecular flexibility index (Phi) is 9.13. The van der Waals surface area contributed by atoms with Gasteiger partial charge in [-0.05, 0) is 120 Å². The van der Waals surface area contributed by atoms with Gasteiger partial charge >= 0.3 is 0 Å². The molecular formula is C66H48N2. The standard InChI is InChI=1S/C66H48N2/c1-65(2)58-35-18-19-36-61(58)68(62-41-38-47(43-60(62)65)53-33-20-23-45-21-12-14-30-52(45)53)64-54-31-15-13-22-46(54)37-42-63(64)67(50-28-10-5-11-29-50)51-39-40-56-55-32-16-17-34-57(55)66(59(56)44-51,48-24-6-3-7-25-48)49-26-8-4-9-27-49/h3-44H,1-2H3. The van der Waals surface area contributed by atoms with E-state index in [9.17, 15) is 0 Å². The Bertz CT molecular complexity index is 3680. The third-order valence-corrected chi connectivity index (χ3v) is 14.9. The first kappa shape index (κ1) is 39.9. The summed E-state index contributed by atoms with van der Waals surface area (Å²) in [4.78, 5) is 5.07. The number of benzene rings is 11. The van der Waals surface area contributed by atoms with Crippen molar-refractivity contribution in [2.45, 2.75) is 24.7 Å². The molecule has 11 aromatic carbocycles. The molecule has 0 bridgehead atoms. The lowest BCUT2D eigenvalue weighted by molar-refractivity contribution is 0.632. The maximum absolute atomic E-state index is 2.57. The van der Waals surface area contributed by atoms with Gasteiger partial charge in [0.05, 0.1) is 28.2 Å². The van der Waals surface area contributed by atoms with Crippen LogP contribution in [0, 0.1) is 0 Å². The number of hydrogen-bond donors (Lipinski definition) is 0. The molecular weight excluding hydrogens is 821 g/mol. The Morgan fingerprint density at radius 3 is 1.66 bits per heavy atom. The molecule has 68 heavy (non-hydrogen) atoms. The molecule has 0 N–H and O–H groups in total. The summed E-state index contributed by atoms with van der Waals surface area (Å²) < 4.78 is 0. The summed E-state index contributed by atoms with van der Waals surface area (Å²) in [6.45, 7) is 4.78. The van der Waals surface area contributed by atoms with Crippen LogP contribution in [-0.4, -0.2) is 0 Å². The van der Waals surface area contributed by atoms with E-state index in [1.165, 1.54) is 88.6 Å². The Hall–Kier alpha value is -8.46. The lowest BCUT2D eigenvalue weighted by Crippen LogP contribution is -2.31. The van der Waals surface area contributed by atoms with Crippen LogP contribution in [0.2, 0.25) is 0 Å². The number of fused-ring (bicyclic) bond motifs is 7. The first-order chi connectivity index (χ1) is 33.5. The van der Waals surface area contributed by atoms with E-state index >= 15 is 0 Å². The summed E-state index contributed by atoms with van der Waals surface area (Å²) in [6.07, 6.45) is 0. The van der Waals surface area contributed by atoms with Crippen molar-refractivity contribution in [3.63, 3.8) is 0 Å². The van der Waals surface area contributed by atoms with Gasteiger partial charge in [-0.15, -0.1) is 0 Å². The van der Waals surface area contributed by atoms with E-state index in [-0.39, 0.29) is 5.41 Å². The minimum Gasteiger partial charge on any atom is -0.308 e. The molecule has 13 rings (SSSR count). The van der Waals surface area contributed by atoms with Crippen LogP contribution in [0.3, 0.4) is 0 Å². The number of anilines is 6. The van der Waals surface area contributed by atoms with E-state index in [0.717, 1.165) is 22.7 Å². The fourth-order valence-electron chi connectivity index (χ4n) is 11.8. The van der Waals surface area contributed by atoms with Crippen LogP contribution in [0.5, 0.6) is 0 Å². The largest absolute Gasteiger partial charge is 0.308 e. The van der Waals surface area contributed by atoms with Gasteiger partial charge < -0.3 is 9.80 Å². The second kappa shape index (κ2) is 15.6. The SMILES string of the molecule is CC1(C)c2ccccc2N(c2c(N(c3ccccc3)c3ccc4c(c3)C(c3ccccc3)(c3ccccc3)c3ccccc3-4)ccc3ccccc23)c2ccc(-c3cccc4ccccc34)cc21. The number of hydrogen-bond acceptors (Lipinski definition) is 2. The van der Waals surface area contributed by atoms with Gasteiger partial charge in [-0.3, -0.25) is 0 Å². The minimum absolute atomic E-state index is 0.292. The molecule has 0 spiro atoms. The van der Waals surface area contributed by atoms with Crippen molar-refractivity contribution < 1.29 is 0 Å². The summed E-state index contributed by atoms with van der Waals surface area (Å²) in [6, 6.07) is 94.5. The highest BCUT2D eigenvalue weighted by Crippen LogP contribution is 2.60. The molecule has 0 fully saturated rings. The molecule has 1 heterocycles. The topological polar surface area (TPSA) is 6.48 Å². The van der Waals surface area contributed by atoms with E-state index in [2.05, 4.69) is 278 Å². The van der Waals surface area contributed by atoms with Gasteiger partial charge in [0, 0.05) is 22.2 Å². The van der Waals surface area contributed by atoms with E-state index < -0.39 is 5.41 Å². The third kappa shape index (κ3) is 5.90. The van der Waals surface area contributed by atoms with Crippen molar-refractivity contribution in [2.75, 3.05) is 9.80 Å². The van der Waals surface area contributed by atoms with Crippen LogP contribution >= 0.6 is 0 Å². The van der Waals surface area contributed by atoms with Crippen molar-refractivity contribution in [1.29, 1.82) is 0 Å². The summed E-state index contributed by atoms with van der Waals surface area (Å²) in [5.74, 6) is 0. The first-order valence-electron chi connectivity index (χ1n) is 23.8. The van der Waals surface area contributed by atoms with Gasteiger partial charge in [0.2, 0.25) is 0 Å². The monoisotopic (exact) mass is 868 g/mol. The van der Waals surface area contributed by atoms with Crippen LogP contribution in [-0.2, 0) is 10.8 Å². The molecule has 2 nitrogen and oxygen atoms in total. The maximum Gasteiger partial charge on any atom is 0.0781 e. The van der Waals surface area contributed by atoms with Crippen LogP contribution in [0.25, 0.3) is 43.8 Å². The molecule has 0 saturated heterocycles. The number of nitrogens with zero attached hydrogens (tertiary/aromatic N) is 2. The van der Waals surface area contributed by atoms with Crippen molar-refractivity contribution in [3.8, 4) is 22.3 Å². The van der Waals surface area contributed by atoms with Crippen molar-refractivity contribution in [1.82, 2.24) is 0 Å². The van der Waals surface area contributed by atoms with E-state index in [0.29, 0.717) is 0 Å². The number of rotatable bonds is 7. The Balaban J connectivity index is 1.09. The third-order valence-electron chi connectivity index (χ3n) is 14.9. The normalized spacial score (nSPS) is 13.9. The van der Waals surface area contributed by atoms with Crippen LogP contribution < -0.4 is 9.80 Å². The highest BCUT2D eigenvalue weighted by Gasteiger charge is 2.46. The minimum atomic E-state index is -0.544. The average Bonchev–Trinajstić information content (AvgIpc) is 3.70. The predicted octanol–water partition coefficient (Wildman–Crippen LogP) is 17.6. The highest BCUT2D eigenvalue weighted by molar-refractivity contribution is 6.09. The summed E-state index contributed by atoms with van der Waals surface area (Å²) in [5.41, 5.74) is 18.6. The molecule has 322 valence electrons. The van der Waals surface area contributed by atoms with Gasteiger partial charge in [-0.25, -0.2) is 0 Å². The zero-order chi connectivity index (χ0) is 45.4.